The summed E-state index contributed by atoms with van der Waals surface area (Å²) in [5, 5.41) is 6.49. The molecule has 0 atom stereocenters. The van der Waals surface area contributed by atoms with Crippen molar-refractivity contribution in [2.24, 2.45) is 0 Å². The number of hydrogen-bond acceptors (Lipinski definition) is 7. The minimum Gasteiger partial charge on any atom is -0.465 e. The molecule has 150 valence electrons. The molecule has 2 heterocycles. The molecule has 2 aromatic rings. The summed E-state index contributed by atoms with van der Waals surface area (Å²) in [7, 11) is 1.30. The van der Waals surface area contributed by atoms with E-state index in [1.54, 1.807) is 24.1 Å². The fourth-order valence-corrected chi connectivity index (χ4v) is 3.98. The summed E-state index contributed by atoms with van der Waals surface area (Å²) in [6.07, 6.45) is 1.61. The van der Waals surface area contributed by atoms with Gasteiger partial charge in [-0.1, -0.05) is 0 Å². The van der Waals surface area contributed by atoms with E-state index in [9.17, 15) is 9.59 Å². The molecule has 0 fully saturated rings. The first-order chi connectivity index (χ1) is 13.3. The smallest absolute Gasteiger partial charge is 0.341 e. The maximum Gasteiger partial charge on any atom is 0.341 e. The van der Waals surface area contributed by atoms with Crippen LogP contribution in [0.1, 0.15) is 45.1 Å². The second-order valence-electron chi connectivity index (χ2n) is 5.83. The molecule has 0 unspecified atom stereocenters. The monoisotopic (exact) mass is 421 g/mol. The molecule has 8 nitrogen and oxygen atoms in total. The lowest BCUT2D eigenvalue weighted by Crippen LogP contribution is -2.30. The number of nitrogens with one attached hydrogen (secondary N) is 2. The van der Waals surface area contributed by atoms with Gasteiger partial charge in [0.2, 0.25) is 5.95 Å². The Morgan fingerprint density at radius 3 is 2.50 bits per heavy atom. The van der Waals surface area contributed by atoms with Gasteiger partial charge in [-0.05, 0) is 51.5 Å². The number of rotatable bonds is 6. The summed E-state index contributed by atoms with van der Waals surface area (Å²) >= 11 is 6.48. The molecule has 0 radical (unpaired) electrons. The number of thiocarbonyl (C=S) groups is 1. The summed E-state index contributed by atoms with van der Waals surface area (Å²) < 4.78 is 4.89. The number of aromatic nitrogens is 2. The Morgan fingerprint density at radius 1 is 1.25 bits per heavy atom. The maximum atomic E-state index is 12.8. The zero-order valence-corrected chi connectivity index (χ0v) is 18.1. The van der Waals surface area contributed by atoms with Gasteiger partial charge in [0, 0.05) is 25.0 Å². The molecule has 10 heteroatoms. The molecule has 2 aromatic heterocycles. The van der Waals surface area contributed by atoms with Crippen molar-refractivity contribution >= 4 is 51.5 Å². The lowest BCUT2D eigenvalue weighted by Gasteiger charge is -2.17. The molecule has 1 amide bonds. The van der Waals surface area contributed by atoms with Crippen LogP contribution >= 0.6 is 23.6 Å². The third-order valence-corrected chi connectivity index (χ3v) is 5.43. The van der Waals surface area contributed by atoms with E-state index < -0.39 is 5.97 Å². The Bertz CT molecular complexity index is 893. The van der Waals surface area contributed by atoms with Crippen molar-refractivity contribution in [3.63, 3.8) is 0 Å². The van der Waals surface area contributed by atoms with Gasteiger partial charge in [-0.15, -0.1) is 11.3 Å². The first-order valence-corrected chi connectivity index (χ1v) is 9.93. The van der Waals surface area contributed by atoms with E-state index >= 15 is 0 Å². The third-order valence-electron chi connectivity index (χ3n) is 4.03. The van der Waals surface area contributed by atoms with Crippen LogP contribution in [0.3, 0.4) is 0 Å². The van der Waals surface area contributed by atoms with E-state index in [4.69, 9.17) is 17.0 Å². The van der Waals surface area contributed by atoms with E-state index in [1.807, 2.05) is 20.8 Å². The Labute approximate surface area is 173 Å². The predicted octanol–water partition coefficient (Wildman–Crippen LogP) is 3.23. The van der Waals surface area contributed by atoms with Gasteiger partial charge in [-0.25, -0.2) is 14.8 Å². The van der Waals surface area contributed by atoms with E-state index in [0.29, 0.717) is 34.5 Å². The fraction of sp³-hybridized carbons (Fsp3) is 0.389. The summed E-state index contributed by atoms with van der Waals surface area (Å²) in [5.41, 5.74) is 1.64. The molecule has 0 saturated heterocycles. The predicted molar refractivity (Wildman–Crippen MR) is 114 cm³/mol. The van der Waals surface area contributed by atoms with Crippen LogP contribution in [0, 0.1) is 13.8 Å². The number of esters is 1. The van der Waals surface area contributed by atoms with Crippen LogP contribution in [0.15, 0.2) is 12.3 Å². The van der Waals surface area contributed by atoms with Crippen molar-refractivity contribution in [2.45, 2.75) is 27.7 Å². The molecule has 0 aliphatic heterocycles. The highest BCUT2D eigenvalue weighted by molar-refractivity contribution is 7.80. The van der Waals surface area contributed by atoms with Crippen LogP contribution in [0.5, 0.6) is 0 Å². The highest BCUT2D eigenvalue weighted by atomic mass is 32.1. The SMILES string of the molecule is CCN(CC)C(=O)c1sc(NC(=S)Nc2nccc(C)n2)c(C(=O)OC)c1C. The molecule has 2 N–H and O–H groups in total. The Morgan fingerprint density at radius 2 is 1.93 bits per heavy atom. The number of hydrogen-bond donors (Lipinski definition) is 2. The number of nitrogens with zero attached hydrogens (tertiary/aromatic N) is 3. The lowest BCUT2D eigenvalue weighted by molar-refractivity contribution is 0.0601. The molecule has 0 aliphatic carbocycles. The average Bonchev–Trinajstić information content (AvgIpc) is 2.97. The van der Waals surface area contributed by atoms with Crippen LogP contribution in [-0.4, -0.2) is 52.1 Å². The molecule has 0 spiro atoms. The number of carbonyl (C=O) groups excluding carboxylic acids is 2. The number of methoxy groups -OCH3 is 1. The van der Waals surface area contributed by atoms with Crippen LogP contribution in [-0.2, 0) is 4.74 Å². The zero-order valence-electron chi connectivity index (χ0n) is 16.5. The average molecular weight is 422 g/mol. The van der Waals surface area contributed by atoms with Crippen LogP contribution in [0.25, 0.3) is 0 Å². The molecule has 0 aliphatic rings. The van der Waals surface area contributed by atoms with Crippen molar-refractivity contribution in [1.29, 1.82) is 0 Å². The molecule has 0 aromatic carbocycles. The minimum absolute atomic E-state index is 0.133. The minimum atomic E-state index is -0.538. The van der Waals surface area contributed by atoms with Gasteiger partial charge >= 0.3 is 5.97 Å². The molecule has 0 saturated carbocycles. The first-order valence-electron chi connectivity index (χ1n) is 8.70. The fourth-order valence-electron chi connectivity index (χ4n) is 2.55. The highest BCUT2D eigenvalue weighted by Gasteiger charge is 2.27. The van der Waals surface area contributed by atoms with Crippen molar-refractivity contribution in [3.8, 4) is 0 Å². The van der Waals surface area contributed by atoms with Gasteiger partial charge in [0.25, 0.3) is 5.91 Å². The summed E-state index contributed by atoms with van der Waals surface area (Å²) in [5.74, 6) is -0.333. The van der Waals surface area contributed by atoms with E-state index in [-0.39, 0.29) is 16.6 Å². The number of aryl methyl sites for hydroxylation is 1. The number of anilines is 2. The summed E-state index contributed by atoms with van der Waals surface area (Å²) in [6, 6.07) is 1.77. The van der Waals surface area contributed by atoms with Crippen molar-refractivity contribution in [2.75, 3.05) is 30.8 Å². The molecule has 0 bridgehead atoms. The van der Waals surface area contributed by atoms with E-state index in [1.165, 1.54) is 18.4 Å². The number of carbonyl (C=O) groups is 2. The maximum absolute atomic E-state index is 12.8. The Hall–Kier alpha value is -2.59. The standard InChI is InChI=1S/C18H23N5O3S2/c1-6-23(7-2)15(24)13-11(4)12(16(25)26-5)14(28-13)21-18(27)22-17-19-9-8-10(3)20-17/h8-9H,6-7H2,1-5H3,(H2,19,20,21,22,27). The van der Waals surface area contributed by atoms with Crippen LogP contribution < -0.4 is 10.6 Å². The van der Waals surface area contributed by atoms with E-state index in [0.717, 1.165) is 5.69 Å². The van der Waals surface area contributed by atoms with Crippen LogP contribution in [0.4, 0.5) is 10.9 Å². The van der Waals surface area contributed by atoms with Gasteiger partial charge in [0.1, 0.15) is 5.00 Å². The molecular weight excluding hydrogens is 398 g/mol. The highest BCUT2D eigenvalue weighted by Crippen LogP contribution is 2.34. The van der Waals surface area contributed by atoms with Gasteiger partial charge in [0.05, 0.1) is 17.6 Å². The zero-order chi connectivity index (χ0) is 20.8. The lowest BCUT2D eigenvalue weighted by atomic mass is 10.1. The topological polar surface area (TPSA) is 96.5 Å². The van der Waals surface area contributed by atoms with Gasteiger partial charge in [0.15, 0.2) is 5.11 Å². The van der Waals surface area contributed by atoms with Gasteiger partial charge < -0.3 is 20.3 Å². The first kappa shape index (κ1) is 21.7. The van der Waals surface area contributed by atoms with Crippen molar-refractivity contribution in [1.82, 2.24) is 14.9 Å². The molecular formula is C18H23N5O3S2. The summed E-state index contributed by atoms with van der Waals surface area (Å²) in [4.78, 5) is 35.6. The Balaban J connectivity index is 2.34. The quantitative estimate of drug-likeness (QED) is 0.542. The second kappa shape index (κ2) is 9.56. The van der Waals surface area contributed by atoms with Gasteiger partial charge in [-0.2, -0.15) is 0 Å². The molecule has 28 heavy (non-hydrogen) atoms. The number of ether oxygens (including phenoxy) is 1. The Kier molecular flexibility index (Phi) is 7.41. The normalized spacial score (nSPS) is 10.3. The van der Waals surface area contributed by atoms with Gasteiger partial charge in [-0.3, -0.25) is 4.79 Å². The summed E-state index contributed by atoms with van der Waals surface area (Å²) in [6.45, 7) is 8.54. The van der Waals surface area contributed by atoms with E-state index in [2.05, 4.69) is 20.6 Å². The van der Waals surface area contributed by atoms with Crippen LogP contribution in [0.2, 0.25) is 0 Å². The largest absolute Gasteiger partial charge is 0.465 e. The third kappa shape index (κ3) is 4.82. The number of amides is 1. The second-order valence-corrected chi connectivity index (χ2v) is 7.26. The molecule has 2 rings (SSSR count). The number of thiophene rings is 1. The van der Waals surface area contributed by atoms with Crippen molar-refractivity contribution < 1.29 is 14.3 Å². The van der Waals surface area contributed by atoms with Crippen molar-refractivity contribution in [3.05, 3.63) is 34.0 Å².